The minimum Gasteiger partial charge on any atom is -0.377 e. The molecule has 16 nitrogen and oxygen atoms in total. The quantitative estimate of drug-likeness (QED) is 0.0474. The molecule has 1 aromatic carbocycles. The van der Waals surface area contributed by atoms with Crippen molar-refractivity contribution < 1.29 is 45.4 Å². The molecule has 0 radical (unpaired) electrons. The third kappa shape index (κ3) is 11.9. The number of hydrogen-bond donors (Lipinski definition) is 3. The van der Waals surface area contributed by atoms with Crippen molar-refractivity contribution in [3.8, 4) is 21.1 Å². The van der Waals surface area contributed by atoms with Gasteiger partial charge in [0.1, 0.15) is 16.0 Å². The van der Waals surface area contributed by atoms with Crippen molar-refractivity contribution >= 4 is 81.9 Å². The molecule has 6 aromatic rings. The normalized spacial score (nSPS) is 18.9. The molecule has 422 valence electrons. The van der Waals surface area contributed by atoms with E-state index in [1.807, 2.05) is 20.0 Å². The van der Waals surface area contributed by atoms with Crippen LogP contribution in [0.3, 0.4) is 0 Å². The zero-order valence-corrected chi connectivity index (χ0v) is 46.9. The smallest absolute Gasteiger partial charge is 0.377 e. The highest BCUT2D eigenvalue weighted by Gasteiger charge is 2.40. The molecule has 5 aliphatic heterocycles. The van der Waals surface area contributed by atoms with Crippen molar-refractivity contribution in [1.82, 2.24) is 49.9 Å². The van der Waals surface area contributed by atoms with Crippen LogP contribution >= 0.6 is 46.2 Å². The number of amides is 2. The summed E-state index contributed by atoms with van der Waals surface area (Å²) in [5.41, 5.74) is 3.76. The number of aromatic nitrogens is 6. The number of likely N-dealkylation sites (N-methyl/N-ethyl adjacent to an activating group) is 1. The van der Waals surface area contributed by atoms with Gasteiger partial charge in [0.25, 0.3) is 5.91 Å². The Labute approximate surface area is 473 Å². The molecule has 0 spiro atoms. The largest absolute Gasteiger partial charge is 0.420 e. The first-order chi connectivity index (χ1) is 38.5. The van der Waals surface area contributed by atoms with Gasteiger partial charge in [-0.2, -0.15) is 26.3 Å². The number of alkyl halides is 6. The Bertz CT molecular complexity index is 3310. The first kappa shape index (κ1) is 55.1. The molecule has 2 aliphatic carbocycles. The van der Waals surface area contributed by atoms with Crippen LogP contribution in [-0.4, -0.2) is 147 Å². The van der Waals surface area contributed by atoms with Crippen LogP contribution in [-0.2, 0) is 39.6 Å². The van der Waals surface area contributed by atoms with Gasteiger partial charge in [-0.3, -0.25) is 14.6 Å². The summed E-state index contributed by atoms with van der Waals surface area (Å²) in [4.78, 5) is 60.6. The first-order valence-corrected chi connectivity index (χ1v) is 30.2. The number of benzene rings is 1. The first-order valence-electron chi connectivity index (χ1n) is 26.6. The standard InChI is InChI=1S/C27H30F3N7O2S2.C27H26F3N5O2S2/c1-15-21(40-8-7-37(14-38)17-12-39-13-17)9-22(41-15)24-18(27(28,29)30)10-31-26(34-24)35-25-23(16-3-4-16)32-20-11-36(2)6-5-19(20)33-25;28-27(29,30)19-11-32-26(33-20-4-3-15(16-9-31-10-16)7-18(20)14-1-2-14)34-23(19)21-8-22-24(39-21)25(36)35(5-6-38-22)17-12-37-13-17/h9-10,14,16-17H,3-8,11-13H2,1-2H3,(H,31,33,34,35);3-4,7-8,11,14,16-17,31H,1-2,5-6,9-10,12-13H2,(H,32,33,34). The van der Waals surface area contributed by atoms with E-state index in [-0.39, 0.29) is 47.2 Å². The Morgan fingerprint density at radius 1 is 0.825 bits per heavy atom. The molecule has 26 heteroatoms. The number of hydrogen-bond acceptors (Lipinski definition) is 18. The number of carbonyl (C=O) groups excluding carboxylic acids is 2. The van der Waals surface area contributed by atoms with Crippen LogP contribution in [0.5, 0.6) is 0 Å². The number of nitrogens with zero attached hydrogens (tertiary/aromatic N) is 9. The molecule has 0 unspecified atom stereocenters. The number of fused-ring (bicyclic) bond motifs is 2. The van der Waals surface area contributed by atoms with E-state index in [1.54, 1.807) is 21.9 Å². The van der Waals surface area contributed by atoms with Crippen LogP contribution in [0.1, 0.15) is 97.3 Å². The lowest BCUT2D eigenvalue weighted by Crippen LogP contribution is -2.52. The molecule has 5 aromatic heterocycles. The molecule has 3 N–H and O–H groups in total. The van der Waals surface area contributed by atoms with Gasteiger partial charge < -0.3 is 40.1 Å². The summed E-state index contributed by atoms with van der Waals surface area (Å²) < 4.78 is 94.9. The molecule has 2 amide bonds. The van der Waals surface area contributed by atoms with Crippen LogP contribution in [0.4, 0.5) is 49.7 Å². The Kier molecular flexibility index (Phi) is 15.6. The maximum Gasteiger partial charge on any atom is 0.420 e. The average Bonchev–Trinajstić information content (AvgIpc) is 4.42. The minimum atomic E-state index is -4.64. The van der Waals surface area contributed by atoms with Gasteiger partial charge in [-0.25, -0.2) is 24.9 Å². The number of anilines is 4. The van der Waals surface area contributed by atoms with Crippen molar-refractivity contribution in [2.45, 2.75) is 97.6 Å². The third-order valence-corrected chi connectivity index (χ3v) is 19.8. The fraction of sp³-hybridized carbons (Fsp3) is 0.481. The van der Waals surface area contributed by atoms with Crippen LogP contribution in [0.15, 0.2) is 52.5 Å². The monoisotopic (exact) mass is 1180 g/mol. The lowest BCUT2D eigenvalue weighted by Gasteiger charge is -2.36. The zero-order valence-electron chi connectivity index (χ0n) is 43.6. The van der Waals surface area contributed by atoms with Gasteiger partial charge >= 0.3 is 12.4 Å². The highest BCUT2D eigenvalue weighted by molar-refractivity contribution is 7.99. The van der Waals surface area contributed by atoms with E-state index in [9.17, 15) is 35.9 Å². The Balaban J connectivity index is 0.000000159. The third-order valence-electron chi connectivity index (χ3n) is 15.2. The number of thioether (sulfide) groups is 2. The second kappa shape index (κ2) is 22.7. The van der Waals surface area contributed by atoms with Gasteiger partial charge in [0, 0.05) is 102 Å². The topological polar surface area (TPSA) is 176 Å². The highest BCUT2D eigenvalue weighted by atomic mass is 32.2. The lowest BCUT2D eigenvalue weighted by molar-refractivity contribution is -0.138. The summed E-state index contributed by atoms with van der Waals surface area (Å²) in [7, 11) is 2.05. The molecule has 80 heavy (non-hydrogen) atoms. The molecule has 2 saturated carbocycles. The second-order valence-corrected chi connectivity index (χ2v) is 25.6. The van der Waals surface area contributed by atoms with E-state index in [2.05, 4.69) is 52.9 Å². The average molecular weight is 1180 g/mol. The predicted octanol–water partition coefficient (Wildman–Crippen LogP) is 10.4. The van der Waals surface area contributed by atoms with E-state index >= 15 is 0 Å². The maximum absolute atomic E-state index is 14.1. The maximum atomic E-state index is 14.1. The fourth-order valence-electron chi connectivity index (χ4n) is 10.0. The molecular formula is C54H56F6N12O4S4. The lowest BCUT2D eigenvalue weighted by atomic mass is 9.91. The van der Waals surface area contributed by atoms with E-state index in [4.69, 9.17) is 19.4 Å². The summed E-state index contributed by atoms with van der Waals surface area (Å²) in [6.07, 6.45) is -1.80. The fourth-order valence-corrected chi connectivity index (χ4v) is 14.6. The minimum absolute atomic E-state index is 0.0165. The summed E-state index contributed by atoms with van der Waals surface area (Å²) in [6, 6.07) is 9.80. The molecule has 0 atom stereocenters. The van der Waals surface area contributed by atoms with Crippen molar-refractivity contribution in [2.75, 3.05) is 88.3 Å². The molecule has 3 saturated heterocycles. The number of thiophene rings is 2. The number of ether oxygens (including phenoxy) is 2. The van der Waals surface area contributed by atoms with Crippen molar-refractivity contribution in [2.24, 2.45) is 0 Å². The van der Waals surface area contributed by atoms with Crippen LogP contribution in [0, 0.1) is 6.92 Å². The van der Waals surface area contributed by atoms with Crippen LogP contribution < -0.4 is 16.0 Å². The molecular weight excluding hydrogens is 1120 g/mol. The predicted molar refractivity (Wildman–Crippen MR) is 295 cm³/mol. The number of nitrogens with one attached hydrogen (secondary N) is 3. The number of rotatable bonds is 16. The van der Waals surface area contributed by atoms with E-state index in [0.29, 0.717) is 88.2 Å². The summed E-state index contributed by atoms with van der Waals surface area (Å²) in [6.45, 7) is 8.55. The van der Waals surface area contributed by atoms with Gasteiger partial charge in [-0.05, 0) is 74.9 Å². The number of aryl methyl sites for hydroxylation is 1. The van der Waals surface area contributed by atoms with Crippen LogP contribution in [0.25, 0.3) is 21.1 Å². The highest BCUT2D eigenvalue weighted by Crippen LogP contribution is 2.48. The number of carbonyl (C=O) groups is 2. The van der Waals surface area contributed by atoms with Gasteiger partial charge in [-0.15, -0.1) is 46.2 Å². The van der Waals surface area contributed by atoms with Gasteiger partial charge in [0.05, 0.1) is 76.7 Å². The Morgan fingerprint density at radius 2 is 1.51 bits per heavy atom. The summed E-state index contributed by atoms with van der Waals surface area (Å²) in [5.74, 6) is 3.03. The molecule has 5 fully saturated rings. The van der Waals surface area contributed by atoms with E-state index in [1.165, 1.54) is 40.4 Å². The Hall–Kier alpha value is -5.48. The van der Waals surface area contributed by atoms with E-state index < -0.39 is 23.5 Å². The van der Waals surface area contributed by atoms with Gasteiger partial charge in [0.2, 0.25) is 18.3 Å². The molecule has 7 aliphatic rings. The van der Waals surface area contributed by atoms with Crippen LogP contribution in [0.2, 0.25) is 0 Å². The number of halogens is 6. The van der Waals surface area contributed by atoms with E-state index in [0.717, 1.165) is 127 Å². The second-order valence-electron chi connectivity index (χ2n) is 21.0. The molecule has 10 heterocycles. The SMILES string of the molecule is Cc1sc(-c2nc(Nc3nc4c(nc3C3CC3)CN(C)CC4)ncc2C(F)(F)F)cc1SCCN(C=O)C1COC1.O=C1c2sc(-c3nc(Nc4ccc(C5CNC5)cc4C4CC4)ncc3C(F)(F)F)cc2SCCN1C1COC1. The van der Waals surface area contributed by atoms with Crippen molar-refractivity contribution in [3.05, 3.63) is 91.8 Å². The summed E-state index contributed by atoms with van der Waals surface area (Å²) in [5, 5.41) is 9.62. The van der Waals surface area contributed by atoms with Gasteiger partial charge in [0.15, 0.2) is 5.82 Å². The molecule has 13 rings (SSSR count). The summed E-state index contributed by atoms with van der Waals surface area (Å²) >= 11 is 5.33. The molecule has 0 bridgehead atoms. The van der Waals surface area contributed by atoms with Crippen molar-refractivity contribution in [1.29, 1.82) is 0 Å². The zero-order chi connectivity index (χ0) is 55.5. The van der Waals surface area contributed by atoms with Crippen molar-refractivity contribution in [3.63, 3.8) is 0 Å². The Morgan fingerprint density at radius 3 is 2.12 bits per heavy atom. The van der Waals surface area contributed by atoms with Gasteiger partial charge in [-0.1, -0.05) is 12.1 Å².